The second-order valence-corrected chi connectivity index (χ2v) is 7.89. The standard InChI is InChI=1S/C25H20F4N4O2/c1-15(2)35-24-31-22(16-6-3-8-18(12-16)25(27,28)29)33(32-24)21-11-5-10-20(14-21)30-23(34)17-7-4-9-19(26)13-17/h3-15H,1-2H3,(H,30,34). The van der Waals surface area contributed by atoms with Crippen LogP contribution in [0.5, 0.6) is 6.01 Å². The summed E-state index contributed by atoms with van der Waals surface area (Å²) in [5, 5.41) is 6.99. The molecule has 10 heteroatoms. The highest BCUT2D eigenvalue weighted by Crippen LogP contribution is 2.33. The zero-order valence-corrected chi connectivity index (χ0v) is 18.7. The summed E-state index contributed by atoms with van der Waals surface area (Å²) < 4.78 is 60.3. The lowest BCUT2D eigenvalue weighted by Crippen LogP contribution is -2.12. The van der Waals surface area contributed by atoms with Crippen molar-refractivity contribution in [3.63, 3.8) is 0 Å². The zero-order valence-electron chi connectivity index (χ0n) is 18.7. The number of halogens is 4. The number of hydrogen-bond acceptors (Lipinski definition) is 4. The molecule has 0 atom stereocenters. The van der Waals surface area contributed by atoms with Crippen molar-refractivity contribution in [1.29, 1.82) is 0 Å². The summed E-state index contributed by atoms with van der Waals surface area (Å²) in [6, 6.07) is 16.4. The molecule has 0 fully saturated rings. The summed E-state index contributed by atoms with van der Waals surface area (Å²) >= 11 is 0. The molecule has 4 aromatic rings. The molecule has 0 unspecified atom stereocenters. The van der Waals surface area contributed by atoms with E-state index in [-0.39, 0.29) is 29.1 Å². The fourth-order valence-electron chi connectivity index (χ4n) is 3.30. The van der Waals surface area contributed by atoms with Crippen LogP contribution < -0.4 is 10.1 Å². The average molecular weight is 484 g/mol. The molecule has 1 aromatic heterocycles. The maximum absolute atomic E-state index is 13.5. The van der Waals surface area contributed by atoms with Gasteiger partial charge < -0.3 is 10.1 Å². The van der Waals surface area contributed by atoms with Crippen molar-refractivity contribution in [2.75, 3.05) is 5.32 Å². The van der Waals surface area contributed by atoms with E-state index in [1.807, 2.05) is 0 Å². The Morgan fingerprint density at radius 3 is 2.46 bits per heavy atom. The Morgan fingerprint density at radius 1 is 1.00 bits per heavy atom. The number of benzene rings is 3. The molecule has 1 amide bonds. The summed E-state index contributed by atoms with van der Waals surface area (Å²) in [5.74, 6) is -0.944. The Morgan fingerprint density at radius 2 is 1.74 bits per heavy atom. The van der Waals surface area contributed by atoms with E-state index in [4.69, 9.17) is 4.74 Å². The third kappa shape index (κ3) is 5.65. The molecule has 0 bridgehead atoms. The fraction of sp³-hybridized carbons (Fsp3) is 0.160. The van der Waals surface area contributed by atoms with Crippen LogP contribution in [-0.2, 0) is 6.18 Å². The van der Waals surface area contributed by atoms with Crippen LogP contribution in [-0.4, -0.2) is 26.8 Å². The highest BCUT2D eigenvalue weighted by molar-refractivity contribution is 6.04. The number of alkyl halides is 3. The van der Waals surface area contributed by atoms with Gasteiger partial charge in [0.05, 0.1) is 17.4 Å². The van der Waals surface area contributed by atoms with Crippen molar-refractivity contribution in [1.82, 2.24) is 14.8 Å². The molecule has 3 aromatic carbocycles. The Balaban J connectivity index is 1.73. The number of hydrogen-bond donors (Lipinski definition) is 1. The number of amides is 1. The van der Waals surface area contributed by atoms with Gasteiger partial charge >= 0.3 is 12.2 Å². The predicted octanol–water partition coefficient (Wildman–Crippen LogP) is 6.13. The topological polar surface area (TPSA) is 69.0 Å². The minimum atomic E-state index is -4.53. The minimum Gasteiger partial charge on any atom is -0.460 e. The molecule has 6 nitrogen and oxygen atoms in total. The first-order chi connectivity index (χ1) is 16.6. The van der Waals surface area contributed by atoms with Crippen LogP contribution in [0, 0.1) is 5.82 Å². The first-order valence-electron chi connectivity index (χ1n) is 10.6. The number of carbonyl (C=O) groups excluding carboxylic acids is 1. The van der Waals surface area contributed by atoms with Gasteiger partial charge in [-0.3, -0.25) is 4.79 Å². The quantitative estimate of drug-likeness (QED) is 0.334. The molecule has 1 heterocycles. The lowest BCUT2D eigenvalue weighted by Gasteiger charge is -2.11. The van der Waals surface area contributed by atoms with Crippen LogP contribution >= 0.6 is 0 Å². The number of rotatable bonds is 6. The molecule has 1 N–H and O–H groups in total. The summed E-state index contributed by atoms with van der Waals surface area (Å²) in [6.07, 6.45) is -4.80. The number of nitrogens with one attached hydrogen (secondary N) is 1. The molecule has 0 saturated heterocycles. The van der Waals surface area contributed by atoms with Gasteiger partial charge in [-0.1, -0.05) is 24.3 Å². The van der Waals surface area contributed by atoms with E-state index in [2.05, 4.69) is 15.4 Å². The summed E-state index contributed by atoms with van der Waals surface area (Å²) in [5.41, 5.74) is 0.273. The molecule has 0 spiro atoms. The van der Waals surface area contributed by atoms with Gasteiger partial charge in [0, 0.05) is 16.8 Å². The smallest absolute Gasteiger partial charge is 0.416 e. The number of nitrogens with zero attached hydrogens (tertiary/aromatic N) is 3. The molecule has 0 aliphatic rings. The lowest BCUT2D eigenvalue weighted by molar-refractivity contribution is -0.137. The van der Waals surface area contributed by atoms with E-state index in [0.717, 1.165) is 18.2 Å². The van der Waals surface area contributed by atoms with Crippen LogP contribution in [0.15, 0.2) is 72.8 Å². The van der Waals surface area contributed by atoms with Gasteiger partial charge in [-0.2, -0.15) is 18.2 Å². The molecule has 4 rings (SSSR count). The molecular formula is C25H20F4N4O2. The molecule has 0 saturated carbocycles. The highest BCUT2D eigenvalue weighted by Gasteiger charge is 2.31. The van der Waals surface area contributed by atoms with E-state index in [1.165, 1.54) is 35.0 Å². The van der Waals surface area contributed by atoms with Crippen molar-refractivity contribution in [2.45, 2.75) is 26.1 Å². The maximum atomic E-state index is 13.5. The van der Waals surface area contributed by atoms with Gasteiger partial charge in [0.1, 0.15) is 5.82 Å². The number of anilines is 1. The number of ether oxygens (including phenoxy) is 1. The molecule has 180 valence electrons. The SMILES string of the molecule is CC(C)Oc1nc(-c2cccc(C(F)(F)F)c2)n(-c2cccc(NC(=O)c3cccc(F)c3)c2)n1. The van der Waals surface area contributed by atoms with Gasteiger partial charge in [-0.15, -0.1) is 5.10 Å². The summed E-state index contributed by atoms with van der Waals surface area (Å²) in [7, 11) is 0. The van der Waals surface area contributed by atoms with Gasteiger partial charge in [0.15, 0.2) is 5.82 Å². The van der Waals surface area contributed by atoms with E-state index in [1.54, 1.807) is 38.1 Å². The molecule has 0 aliphatic heterocycles. The van der Waals surface area contributed by atoms with Crippen LogP contribution in [0.4, 0.5) is 23.2 Å². The molecule has 35 heavy (non-hydrogen) atoms. The van der Waals surface area contributed by atoms with Crippen LogP contribution in [0.25, 0.3) is 17.1 Å². The van der Waals surface area contributed by atoms with Crippen LogP contribution in [0.2, 0.25) is 0 Å². The zero-order chi connectivity index (χ0) is 25.2. The second-order valence-electron chi connectivity index (χ2n) is 7.89. The Labute approximate surface area is 198 Å². The first-order valence-corrected chi connectivity index (χ1v) is 10.6. The predicted molar refractivity (Wildman–Crippen MR) is 122 cm³/mol. The van der Waals surface area contributed by atoms with E-state index < -0.39 is 23.5 Å². The van der Waals surface area contributed by atoms with Crippen molar-refractivity contribution in [3.8, 4) is 23.1 Å². The highest BCUT2D eigenvalue weighted by atomic mass is 19.4. The van der Waals surface area contributed by atoms with Gasteiger partial charge in [0.2, 0.25) is 0 Å². The van der Waals surface area contributed by atoms with Crippen LogP contribution in [0.1, 0.15) is 29.8 Å². The Hall–Kier alpha value is -4.21. The fourth-order valence-corrected chi connectivity index (χ4v) is 3.30. The van der Waals surface area contributed by atoms with Crippen molar-refractivity contribution in [3.05, 3.63) is 89.7 Å². The molecule has 0 aliphatic carbocycles. The van der Waals surface area contributed by atoms with Crippen molar-refractivity contribution >= 4 is 11.6 Å². The number of carbonyl (C=O) groups is 1. The normalized spacial score (nSPS) is 11.5. The Bertz CT molecular complexity index is 1370. The number of aromatic nitrogens is 3. The van der Waals surface area contributed by atoms with Crippen molar-refractivity contribution in [2.24, 2.45) is 0 Å². The van der Waals surface area contributed by atoms with Crippen molar-refractivity contribution < 1.29 is 27.1 Å². The largest absolute Gasteiger partial charge is 0.460 e. The first kappa shape index (κ1) is 23.9. The van der Waals surface area contributed by atoms with E-state index in [9.17, 15) is 22.4 Å². The van der Waals surface area contributed by atoms with Crippen LogP contribution in [0.3, 0.4) is 0 Å². The molecular weight excluding hydrogens is 464 g/mol. The molecule has 0 radical (unpaired) electrons. The van der Waals surface area contributed by atoms with Gasteiger partial charge in [-0.05, 0) is 62.4 Å². The summed E-state index contributed by atoms with van der Waals surface area (Å²) in [4.78, 5) is 16.8. The minimum absolute atomic E-state index is 0.0124. The Kier molecular flexibility index (Phi) is 6.54. The van der Waals surface area contributed by atoms with Gasteiger partial charge in [0.25, 0.3) is 5.91 Å². The van der Waals surface area contributed by atoms with Gasteiger partial charge in [-0.25, -0.2) is 9.07 Å². The lowest BCUT2D eigenvalue weighted by atomic mass is 10.1. The average Bonchev–Trinajstić information content (AvgIpc) is 3.22. The van der Waals surface area contributed by atoms with E-state index in [0.29, 0.717) is 11.4 Å². The summed E-state index contributed by atoms with van der Waals surface area (Å²) in [6.45, 7) is 3.54. The second kappa shape index (κ2) is 9.57. The van der Waals surface area contributed by atoms with E-state index >= 15 is 0 Å². The third-order valence-corrected chi connectivity index (χ3v) is 4.81. The monoisotopic (exact) mass is 484 g/mol. The maximum Gasteiger partial charge on any atom is 0.416 e. The third-order valence-electron chi connectivity index (χ3n) is 4.81.